The summed E-state index contributed by atoms with van der Waals surface area (Å²) >= 11 is 1.85. The molecule has 0 fully saturated rings. The van der Waals surface area contributed by atoms with Gasteiger partial charge in [-0.15, -0.1) is 11.8 Å². The van der Waals surface area contributed by atoms with Crippen LogP contribution in [0.4, 0.5) is 0 Å². The van der Waals surface area contributed by atoms with E-state index in [9.17, 15) is 4.79 Å². The number of nitrogens with zero attached hydrogens (tertiary/aromatic N) is 1. The van der Waals surface area contributed by atoms with Gasteiger partial charge in [0.15, 0.2) is 0 Å². The second-order valence-electron chi connectivity index (χ2n) is 7.28. The quantitative estimate of drug-likeness (QED) is 0.232. The highest BCUT2D eigenvalue weighted by Crippen LogP contribution is 2.29. The van der Waals surface area contributed by atoms with E-state index in [4.69, 9.17) is 10.2 Å². The lowest BCUT2D eigenvalue weighted by Crippen LogP contribution is -2.19. The molecule has 5 heteroatoms. The lowest BCUT2D eigenvalue weighted by molar-refractivity contribution is 0.0708. The number of thioether (sulfide) groups is 1. The summed E-state index contributed by atoms with van der Waals surface area (Å²) in [6, 6.07) is 25.8. The molecule has 4 aromatic rings. The summed E-state index contributed by atoms with van der Waals surface area (Å²) in [7, 11) is 0. The van der Waals surface area contributed by atoms with Crippen molar-refractivity contribution in [1.29, 1.82) is 0 Å². The average Bonchev–Trinajstić information content (AvgIpc) is 2.78. The van der Waals surface area contributed by atoms with E-state index in [0.717, 1.165) is 16.7 Å². The molecule has 4 rings (SSSR count). The fourth-order valence-electron chi connectivity index (χ4n) is 3.40. The average molecular weight is 415 g/mol. The van der Waals surface area contributed by atoms with Gasteiger partial charge in [-0.05, 0) is 35.4 Å². The fourth-order valence-corrected chi connectivity index (χ4v) is 4.24. The molecule has 0 unspecified atom stereocenters. The number of rotatable bonds is 5. The van der Waals surface area contributed by atoms with E-state index in [2.05, 4.69) is 50.2 Å². The molecule has 150 valence electrons. The monoisotopic (exact) mass is 414 g/mol. The zero-order valence-corrected chi connectivity index (χ0v) is 17.6. The van der Waals surface area contributed by atoms with Gasteiger partial charge >= 0.3 is 0 Å². The lowest BCUT2D eigenvalue weighted by Gasteiger charge is -2.10. The largest absolute Gasteiger partial charge is 0.288 e. The van der Waals surface area contributed by atoms with Crippen molar-refractivity contribution in [2.75, 3.05) is 0 Å². The summed E-state index contributed by atoms with van der Waals surface area (Å²) < 4.78 is 0. The molecule has 1 aromatic heterocycles. The van der Waals surface area contributed by atoms with Crippen molar-refractivity contribution >= 4 is 28.6 Å². The Balaban J connectivity index is 1.67. The number of carbonyl (C=O) groups is 1. The third-order valence-electron chi connectivity index (χ3n) is 4.80. The summed E-state index contributed by atoms with van der Waals surface area (Å²) in [5, 5.41) is 10.4. The third kappa shape index (κ3) is 4.22. The van der Waals surface area contributed by atoms with Gasteiger partial charge in [-0.1, -0.05) is 68.4 Å². The number of carbonyl (C=O) groups excluding carboxylic acids is 1. The zero-order valence-electron chi connectivity index (χ0n) is 16.8. The van der Waals surface area contributed by atoms with Crippen LogP contribution in [-0.4, -0.2) is 21.3 Å². The number of amides is 1. The summed E-state index contributed by atoms with van der Waals surface area (Å²) in [6.07, 6.45) is 0. The van der Waals surface area contributed by atoms with Gasteiger partial charge in [0.25, 0.3) is 5.91 Å². The normalized spacial score (nSPS) is 11.1. The predicted octanol–water partition coefficient (Wildman–Crippen LogP) is 6.19. The molecule has 0 aliphatic carbocycles. The summed E-state index contributed by atoms with van der Waals surface area (Å²) in [4.78, 5) is 18.1. The molecule has 0 spiro atoms. The van der Waals surface area contributed by atoms with Crippen LogP contribution in [0.25, 0.3) is 33.3 Å². The summed E-state index contributed by atoms with van der Waals surface area (Å²) in [5.74, 6) is -0.550. The van der Waals surface area contributed by atoms with Crippen LogP contribution in [0.1, 0.15) is 24.2 Å². The highest BCUT2D eigenvalue weighted by molar-refractivity contribution is 7.99. The Morgan fingerprint density at radius 1 is 0.900 bits per heavy atom. The molecule has 0 atom stereocenters. The van der Waals surface area contributed by atoms with Crippen LogP contribution in [0.15, 0.2) is 83.8 Å². The molecular weight excluding hydrogens is 392 g/mol. The molecular formula is C25H22N2O2S. The smallest absolute Gasteiger partial charge is 0.275 e. The molecule has 4 nitrogen and oxygen atoms in total. The van der Waals surface area contributed by atoms with Crippen LogP contribution >= 0.6 is 11.8 Å². The number of hydrogen-bond acceptors (Lipinski definition) is 4. The minimum Gasteiger partial charge on any atom is -0.288 e. The SMILES string of the molecule is CC(C)Sc1ccc(-c2ccc(-c3cc(C(=O)NO)c4ccccc4n3)cc2)cc1. The van der Waals surface area contributed by atoms with Crippen LogP contribution in [0, 0.1) is 0 Å². The van der Waals surface area contributed by atoms with Crippen LogP contribution in [-0.2, 0) is 0 Å². The third-order valence-corrected chi connectivity index (χ3v) is 5.82. The number of fused-ring (bicyclic) bond motifs is 1. The number of nitrogens with one attached hydrogen (secondary N) is 1. The Bertz CT molecular complexity index is 1190. The molecule has 0 aliphatic heterocycles. The summed E-state index contributed by atoms with van der Waals surface area (Å²) in [5.41, 5.74) is 6.69. The standard InChI is InChI=1S/C25H22N2O2S/c1-16(2)30-20-13-11-18(12-14-20)17-7-9-19(10-8-17)24-15-22(25(28)27-29)21-5-3-4-6-23(21)26-24/h3-16,29H,1-2H3,(H,27,28). The maximum atomic E-state index is 12.2. The highest BCUT2D eigenvalue weighted by atomic mass is 32.2. The van der Waals surface area contributed by atoms with Crippen molar-refractivity contribution in [3.8, 4) is 22.4 Å². The number of aromatic nitrogens is 1. The molecule has 30 heavy (non-hydrogen) atoms. The molecule has 0 radical (unpaired) electrons. The van der Waals surface area contributed by atoms with Gasteiger partial charge in [0.1, 0.15) is 0 Å². The van der Waals surface area contributed by atoms with Gasteiger partial charge in [-0.25, -0.2) is 10.5 Å². The van der Waals surface area contributed by atoms with Crippen molar-refractivity contribution in [2.24, 2.45) is 0 Å². The van der Waals surface area contributed by atoms with E-state index in [1.54, 1.807) is 11.5 Å². The molecule has 0 saturated heterocycles. The maximum absolute atomic E-state index is 12.2. The van der Waals surface area contributed by atoms with Crippen molar-refractivity contribution in [1.82, 2.24) is 10.5 Å². The lowest BCUT2D eigenvalue weighted by atomic mass is 10.0. The van der Waals surface area contributed by atoms with Crippen LogP contribution in [0.3, 0.4) is 0 Å². The van der Waals surface area contributed by atoms with E-state index in [1.807, 2.05) is 48.2 Å². The first kappa shape index (κ1) is 20.1. The first-order valence-electron chi connectivity index (χ1n) is 9.77. The number of pyridine rings is 1. The van der Waals surface area contributed by atoms with Gasteiger partial charge in [0.2, 0.25) is 0 Å². The second-order valence-corrected chi connectivity index (χ2v) is 8.93. The first-order chi connectivity index (χ1) is 14.5. The van der Waals surface area contributed by atoms with Gasteiger partial charge in [0, 0.05) is 21.1 Å². The molecule has 1 amide bonds. The Morgan fingerprint density at radius 2 is 1.50 bits per heavy atom. The van der Waals surface area contributed by atoms with E-state index >= 15 is 0 Å². The molecule has 0 aliphatic rings. The van der Waals surface area contributed by atoms with Crippen molar-refractivity contribution in [3.63, 3.8) is 0 Å². The predicted molar refractivity (Wildman–Crippen MR) is 123 cm³/mol. The van der Waals surface area contributed by atoms with Gasteiger partial charge in [-0.3, -0.25) is 10.0 Å². The Morgan fingerprint density at radius 3 is 2.13 bits per heavy atom. The van der Waals surface area contributed by atoms with Crippen LogP contribution < -0.4 is 5.48 Å². The van der Waals surface area contributed by atoms with Crippen LogP contribution in [0.2, 0.25) is 0 Å². The summed E-state index contributed by atoms with van der Waals surface area (Å²) in [6.45, 7) is 4.38. The minimum atomic E-state index is -0.550. The molecule has 0 bridgehead atoms. The van der Waals surface area contributed by atoms with Gasteiger partial charge in [-0.2, -0.15) is 0 Å². The Kier molecular flexibility index (Phi) is 5.84. The van der Waals surface area contributed by atoms with E-state index in [0.29, 0.717) is 27.4 Å². The van der Waals surface area contributed by atoms with Gasteiger partial charge < -0.3 is 0 Å². The zero-order chi connectivity index (χ0) is 21.1. The topological polar surface area (TPSA) is 62.2 Å². The Labute approximate surface area is 179 Å². The number of hydrogen-bond donors (Lipinski definition) is 2. The maximum Gasteiger partial charge on any atom is 0.275 e. The fraction of sp³-hybridized carbons (Fsp3) is 0.120. The number of para-hydroxylation sites is 1. The molecule has 1 heterocycles. The van der Waals surface area contributed by atoms with Crippen molar-refractivity contribution in [3.05, 3.63) is 84.4 Å². The van der Waals surface area contributed by atoms with E-state index in [1.165, 1.54) is 4.90 Å². The van der Waals surface area contributed by atoms with Crippen molar-refractivity contribution in [2.45, 2.75) is 24.0 Å². The van der Waals surface area contributed by atoms with E-state index in [-0.39, 0.29) is 0 Å². The minimum absolute atomic E-state index is 0.389. The second kappa shape index (κ2) is 8.69. The molecule has 0 saturated carbocycles. The number of benzene rings is 3. The molecule has 2 N–H and O–H groups in total. The molecule has 3 aromatic carbocycles. The highest BCUT2D eigenvalue weighted by Gasteiger charge is 2.13. The number of hydroxylamine groups is 1. The van der Waals surface area contributed by atoms with Crippen LogP contribution in [0.5, 0.6) is 0 Å². The van der Waals surface area contributed by atoms with E-state index < -0.39 is 5.91 Å². The van der Waals surface area contributed by atoms with Crippen molar-refractivity contribution < 1.29 is 10.0 Å². The van der Waals surface area contributed by atoms with Gasteiger partial charge in [0.05, 0.1) is 16.8 Å². The first-order valence-corrected chi connectivity index (χ1v) is 10.6. The Hall–Kier alpha value is -3.15.